The summed E-state index contributed by atoms with van der Waals surface area (Å²) in [6.45, 7) is 0. The van der Waals surface area contributed by atoms with Gasteiger partial charge in [0.1, 0.15) is 0 Å². The molecule has 0 spiro atoms. The normalized spacial score (nSPS) is 13.0. The molecule has 0 saturated carbocycles. The van der Waals surface area contributed by atoms with Crippen molar-refractivity contribution in [1.29, 1.82) is 0 Å². The summed E-state index contributed by atoms with van der Waals surface area (Å²) >= 11 is 3.31. The highest BCUT2D eigenvalue weighted by atomic mass is 32.1. The molecule has 0 aliphatic rings. The number of nitrogens with zero attached hydrogens (tertiary/aromatic N) is 2. The first-order chi connectivity index (χ1) is 8.33. The van der Waals surface area contributed by atoms with Crippen molar-refractivity contribution in [3.05, 3.63) is 45.9 Å². The molecule has 0 fully saturated rings. The van der Waals surface area contributed by atoms with Crippen molar-refractivity contribution >= 4 is 32.9 Å². The second-order valence-corrected chi connectivity index (χ2v) is 5.82. The van der Waals surface area contributed by atoms with Gasteiger partial charge in [0.2, 0.25) is 0 Å². The van der Waals surface area contributed by atoms with Crippen LogP contribution in [0.25, 0.3) is 10.2 Å². The molecule has 0 aliphatic heterocycles. The van der Waals surface area contributed by atoms with Crippen LogP contribution in [-0.4, -0.2) is 9.97 Å². The highest BCUT2D eigenvalue weighted by Gasteiger charge is 2.11. The van der Waals surface area contributed by atoms with E-state index in [1.807, 2.05) is 29.9 Å². The average molecular weight is 261 g/mol. The van der Waals surface area contributed by atoms with E-state index in [0.717, 1.165) is 21.8 Å². The Kier molecular flexibility index (Phi) is 2.88. The van der Waals surface area contributed by atoms with Crippen LogP contribution in [0.1, 0.15) is 15.9 Å². The molecule has 0 saturated heterocycles. The van der Waals surface area contributed by atoms with E-state index in [2.05, 4.69) is 16.0 Å². The molecule has 2 heterocycles. The topological polar surface area (TPSA) is 51.8 Å². The van der Waals surface area contributed by atoms with Crippen LogP contribution < -0.4 is 5.73 Å². The summed E-state index contributed by atoms with van der Waals surface area (Å²) in [6, 6.07) is 8.17. The van der Waals surface area contributed by atoms with Gasteiger partial charge in [-0.3, -0.25) is 4.98 Å². The molecule has 0 amide bonds. The fraction of sp³-hybridized carbons (Fsp3) is 0.167. The second-order valence-electron chi connectivity index (χ2n) is 3.79. The van der Waals surface area contributed by atoms with Crippen LogP contribution in [0.15, 0.2) is 36.0 Å². The lowest BCUT2D eigenvalue weighted by molar-refractivity contribution is 0.731. The monoisotopic (exact) mass is 261 g/mol. The zero-order valence-electron chi connectivity index (χ0n) is 9.04. The number of aromatic nitrogens is 2. The predicted octanol–water partition coefficient (Wildman–Crippen LogP) is 3.00. The van der Waals surface area contributed by atoms with Crippen molar-refractivity contribution in [1.82, 2.24) is 9.97 Å². The Morgan fingerprint density at radius 1 is 1.29 bits per heavy atom. The molecule has 2 N–H and O–H groups in total. The van der Waals surface area contributed by atoms with Gasteiger partial charge in [-0.2, -0.15) is 0 Å². The van der Waals surface area contributed by atoms with E-state index >= 15 is 0 Å². The van der Waals surface area contributed by atoms with Gasteiger partial charge in [0.15, 0.2) is 0 Å². The van der Waals surface area contributed by atoms with Gasteiger partial charge in [-0.05, 0) is 12.1 Å². The minimum Gasteiger partial charge on any atom is -0.323 e. The summed E-state index contributed by atoms with van der Waals surface area (Å²) in [6.07, 6.45) is 2.62. The predicted molar refractivity (Wildman–Crippen MR) is 72.4 cm³/mol. The summed E-state index contributed by atoms with van der Waals surface area (Å²) < 4.78 is 1.22. The Hall–Kier alpha value is -1.30. The third-order valence-electron chi connectivity index (χ3n) is 2.55. The fourth-order valence-electron chi connectivity index (χ4n) is 1.70. The van der Waals surface area contributed by atoms with Gasteiger partial charge in [-0.15, -0.1) is 22.7 Å². The van der Waals surface area contributed by atoms with Gasteiger partial charge in [0, 0.05) is 23.5 Å². The maximum absolute atomic E-state index is 6.13. The zero-order valence-corrected chi connectivity index (χ0v) is 10.7. The molecule has 3 rings (SSSR count). The number of thiazole rings is 2. The number of benzene rings is 1. The standard InChI is InChI=1S/C12H11N3S2/c13-8(11-6-14-7-16-11)5-12-15-9-3-1-2-4-10(9)17-12/h1-4,6-8H,5,13H2. The average Bonchev–Trinajstić information content (AvgIpc) is 2.97. The Morgan fingerprint density at radius 2 is 2.18 bits per heavy atom. The molecule has 17 heavy (non-hydrogen) atoms. The van der Waals surface area contributed by atoms with Crippen LogP contribution >= 0.6 is 22.7 Å². The van der Waals surface area contributed by atoms with Crippen LogP contribution in [0.4, 0.5) is 0 Å². The quantitative estimate of drug-likeness (QED) is 0.788. The highest BCUT2D eigenvalue weighted by Crippen LogP contribution is 2.26. The first-order valence-electron chi connectivity index (χ1n) is 5.31. The van der Waals surface area contributed by atoms with Crippen molar-refractivity contribution in [2.75, 3.05) is 0 Å². The molecule has 5 heteroatoms. The van der Waals surface area contributed by atoms with E-state index < -0.39 is 0 Å². The van der Waals surface area contributed by atoms with E-state index in [9.17, 15) is 0 Å². The number of nitrogens with two attached hydrogens (primary N) is 1. The molecule has 0 radical (unpaired) electrons. The Labute approximate surface area is 107 Å². The van der Waals surface area contributed by atoms with Crippen LogP contribution in [0.2, 0.25) is 0 Å². The number of hydrogen-bond acceptors (Lipinski definition) is 5. The Balaban J connectivity index is 1.85. The Bertz CT molecular complexity index is 583. The molecule has 0 bridgehead atoms. The lowest BCUT2D eigenvalue weighted by atomic mass is 10.2. The maximum atomic E-state index is 6.13. The van der Waals surface area contributed by atoms with Gasteiger partial charge in [0.05, 0.1) is 20.7 Å². The number of hydrogen-bond donors (Lipinski definition) is 1. The third-order valence-corrected chi connectivity index (χ3v) is 4.52. The van der Waals surface area contributed by atoms with E-state index in [1.54, 1.807) is 22.7 Å². The molecule has 0 aliphatic carbocycles. The van der Waals surface area contributed by atoms with Crippen molar-refractivity contribution in [2.24, 2.45) is 5.73 Å². The van der Waals surface area contributed by atoms with E-state index in [0.29, 0.717) is 0 Å². The molecule has 3 nitrogen and oxygen atoms in total. The van der Waals surface area contributed by atoms with Crippen molar-refractivity contribution in [3.63, 3.8) is 0 Å². The SMILES string of the molecule is NC(Cc1nc2ccccc2s1)c1cncs1. The van der Waals surface area contributed by atoms with Crippen LogP contribution in [0.5, 0.6) is 0 Å². The number of para-hydroxylation sites is 1. The molecule has 1 unspecified atom stereocenters. The first-order valence-corrected chi connectivity index (χ1v) is 7.01. The molecular formula is C12H11N3S2. The van der Waals surface area contributed by atoms with Gasteiger partial charge in [-0.25, -0.2) is 4.98 Å². The molecule has 86 valence electrons. The number of rotatable bonds is 3. The van der Waals surface area contributed by atoms with Crippen molar-refractivity contribution in [2.45, 2.75) is 12.5 Å². The smallest absolute Gasteiger partial charge is 0.0957 e. The summed E-state index contributed by atoms with van der Waals surface area (Å²) in [5, 5.41) is 1.09. The molecule has 2 aromatic heterocycles. The number of fused-ring (bicyclic) bond motifs is 1. The summed E-state index contributed by atoms with van der Waals surface area (Å²) in [7, 11) is 0. The van der Waals surface area contributed by atoms with E-state index in [1.165, 1.54) is 4.70 Å². The van der Waals surface area contributed by atoms with Gasteiger partial charge in [-0.1, -0.05) is 12.1 Å². The second kappa shape index (κ2) is 4.52. The lowest BCUT2D eigenvalue weighted by Crippen LogP contribution is -2.11. The van der Waals surface area contributed by atoms with E-state index in [4.69, 9.17) is 5.73 Å². The van der Waals surface area contributed by atoms with Crippen LogP contribution in [0.3, 0.4) is 0 Å². The Morgan fingerprint density at radius 3 is 2.94 bits per heavy atom. The third kappa shape index (κ3) is 2.22. The van der Waals surface area contributed by atoms with Crippen molar-refractivity contribution in [3.8, 4) is 0 Å². The lowest BCUT2D eigenvalue weighted by Gasteiger charge is -2.05. The first kappa shape index (κ1) is 10.8. The molecule has 3 aromatic rings. The van der Waals surface area contributed by atoms with Gasteiger partial charge in [0.25, 0.3) is 0 Å². The molecule has 1 aromatic carbocycles. The van der Waals surface area contributed by atoms with Crippen LogP contribution in [0, 0.1) is 0 Å². The molecule has 1 atom stereocenters. The minimum absolute atomic E-state index is 0.00284. The fourth-order valence-corrected chi connectivity index (χ4v) is 3.35. The van der Waals surface area contributed by atoms with Crippen molar-refractivity contribution < 1.29 is 0 Å². The summed E-state index contributed by atoms with van der Waals surface area (Å²) in [5.74, 6) is 0. The zero-order chi connectivity index (χ0) is 11.7. The van der Waals surface area contributed by atoms with Gasteiger partial charge < -0.3 is 5.73 Å². The van der Waals surface area contributed by atoms with Crippen LogP contribution in [-0.2, 0) is 6.42 Å². The largest absolute Gasteiger partial charge is 0.323 e. The van der Waals surface area contributed by atoms with Gasteiger partial charge >= 0.3 is 0 Å². The minimum atomic E-state index is 0.00284. The summed E-state index contributed by atoms with van der Waals surface area (Å²) in [5.41, 5.74) is 9.00. The molecular weight excluding hydrogens is 250 g/mol. The van der Waals surface area contributed by atoms with E-state index in [-0.39, 0.29) is 6.04 Å². The summed E-state index contributed by atoms with van der Waals surface area (Å²) in [4.78, 5) is 9.75. The maximum Gasteiger partial charge on any atom is 0.0957 e. The highest BCUT2D eigenvalue weighted by molar-refractivity contribution is 7.18.